The van der Waals surface area contributed by atoms with E-state index in [1.807, 2.05) is 6.92 Å². The number of amides is 2. The number of carbonyl (C=O) groups is 2. The van der Waals surface area contributed by atoms with E-state index in [4.69, 9.17) is 25.0 Å². The summed E-state index contributed by atoms with van der Waals surface area (Å²) >= 11 is 0. The van der Waals surface area contributed by atoms with Gasteiger partial charge in [-0.2, -0.15) is 0 Å². The highest BCUT2D eigenvalue weighted by Crippen LogP contribution is 2.52. The first kappa shape index (κ1) is 20.4. The van der Waals surface area contributed by atoms with E-state index in [1.165, 1.54) is 23.9 Å². The number of aromatic nitrogens is 6. The smallest absolute Gasteiger partial charge is 0.407 e. The molecule has 222 valence electrons. The van der Waals surface area contributed by atoms with Crippen LogP contribution in [-0.2, 0) is 33.4 Å². The maximum Gasteiger partial charge on any atom is 0.407 e. The lowest BCUT2D eigenvalue weighted by Crippen LogP contribution is -2.37. The van der Waals surface area contributed by atoms with E-state index in [0.717, 1.165) is 0 Å². The maximum absolute atomic E-state index is 13.6. The first-order valence-electron chi connectivity index (χ1n) is 16.9. The number of aryl methyl sites for hydroxylation is 2. The van der Waals surface area contributed by atoms with E-state index >= 15 is 0 Å². The van der Waals surface area contributed by atoms with E-state index in [0.29, 0.717) is 28.5 Å². The Bertz CT molecular complexity index is 2060. The number of imidazole rings is 2. The number of nitrogens with zero attached hydrogens (tertiary/aromatic N) is 6. The molecule has 42 heavy (non-hydrogen) atoms. The summed E-state index contributed by atoms with van der Waals surface area (Å²) in [7, 11) is -1.53. The summed E-state index contributed by atoms with van der Waals surface area (Å²) in [6.45, 7) is 0.333. The molecule has 0 bridgehead atoms. The van der Waals surface area contributed by atoms with Crippen molar-refractivity contribution in [2.45, 2.75) is 63.7 Å². The zero-order valence-corrected chi connectivity index (χ0v) is 23.2. The van der Waals surface area contributed by atoms with E-state index < -0.39 is 55.9 Å². The molecule has 4 N–H and O–H groups in total. The normalized spacial score (nSPS) is 28.2. The van der Waals surface area contributed by atoms with Crippen LogP contribution in [0.4, 0.5) is 16.4 Å². The van der Waals surface area contributed by atoms with Crippen molar-refractivity contribution < 1.29 is 28.7 Å². The van der Waals surface area contributed by atoms with Gasteiger partial charge in [0.1, 0.15) is 35.1 Å². The molecule has 2 aliphatic carbocycles. The van der Waals surface area contributed by atoms with Crippen molar-refractivity contribution in [2.75, 3.05) is 19.5 Å². The van der Waals surface area contributed by atoms with Crippen LogP contribution >= 0.6 is 0 Å². The molecule has 2 saturated carbocycles. The van der Waals surface area contributed by atoms with Crippen LogP contribution in [0, 0.1) is 12.8 Å². The monoisotopic (exact) mass is 584 g/mol. The topological polar surface area (TPSA) is 173 Å². The summed E-state index contributed by atoms with van der Waals surface area (Å²) in [6.07, 6.45) is 1.36. The molecule has 0 saturated heterocycles. The van der Waals surface area contributed by atoms with Crippen molar-refractivity contribution in [2.24, 2.45) is 18.6 Å². The number of pyridine rings is 2. The van der Waals surface area contributed by atoms with Gasteiger partial charge in [-0.3, -0.25) is 18.5 Å². The van der Waals surface area contributed by atoms with Crippen molar-refractivity contribution in [1.29, 1.82) is 0 Å². The van der Waals surface area contributed by atoms with Crippen LogP contribution in [0.3, 0.4) is 0 Å². The van der Waals surface area contributed by atoms with Crippen LogP contribution < -0.4 is 22.1 Å². The second-order valence-corrected chi connectivity index (χ2v) is 10.8. The minimum Gasteiger partial charge on any atom is -0.453 e. The number of methoxy groups -OCH3 is 2. The minimum absolute atomic E-state index is 0.0163. The van der Waals surface area contributed by atoms with E-state index in [-0.39, 0.29) is 52.9 Å². The molecule has 2 aliphatic rings. The largest absolute Gasteiger partial charge is 0.453 e. The molecule has 0 unspecified atom stereocenters. The van der Waals surface area contributed by atoms with Crippen LogP contribution in [0.1, 0.15) is 59.6 Å². The Morgan fingerprint density at radius 3 is 2.76 bits per heavy atom. The molecule has 0 aliphatic heterocycles. The fourth-order valence-corrected chi connectivity index (χ4v) is 6.09. The Hall–Kier alpha value is -4.46. The van der Waals surface area contributed by atoms with E-state index in [9.17, 15) is 14.4 Å². The third kappa shape index (κ3) is 4.28. The Balaban J connectivity index is 1.43. The van der Waals surface area contributed by atoms with Gasteiger partial charge in [-0.25, -0.2) is 24.5 Å². The molecule has 2 amide bonds. The van der Waals surface area contributed by atoms with E-state index in [2.05, 4.69) is 25.3 Å². The third-order valence-electron chi connectivity index (χ3n) is 8.28. The van der Waals surface area contributed by atoms with Crippen molar-refractivity contribution in [3.8, 4) is 0 Å². The Labute approximate surface area is 251 Å². The quantitative estimate of drug-likeness (QED) is 0.281. The second-order valence-electron chi connectivity index (χ2n) is 10.8. The van der Waals surface area contributed by atoms with Crippen LogP contribution in [0.5, 0.6) is 0 Å². The number of primary amides is 1. The van der Waals surface area contributed by atoms with Crippen molar-refractivity contribution in [3.63, 3.8) is 0 Å². The van der Waals surface area contributed by atoms with Gasteiger partial charge in [-0.1, -0.05) is 6.92 Å². The number of carbonyl (C=O) groups excluding carboxylic acids is 2. The number of nitrogens with two attached hydrogens (primary N) is 1. The van der Waals surface area contributed by atoms with Gasteiger partial charge in [-0.05, 0) is 50.2 Å². The molecule has 4 aromatic rings. The third-order valence-corrected chi connectivity index (χ3v) is 8.28. The molecule has 4 aromatic heterocycles. The Morgan fingerprint density at radius 2 is 2.07 bits per heavy atom. The lowest BCUT2D eigenvalue weighted by atomic mass is 10.2. The predicted molar refractivity (Wildman–Crippen MR) is 154 cm³/mol. The molecule has 4 heterocycles. The Kier molecular flexibility index (Phi) is 4.92. The minimum atomic E-state index is -2.84. The van der Waals surface area contributed by atoms with Crippen molar-refractivity contribution in [1.82, 2.24) is 34.0 Å². The average Bonchev–Trinajstić information content (AvgIpc) is 3.24. The highest BCUT2D eigenvalue weighted by Gasteiger charge is 2.59. The van der Waals surface area contributed by atoms with Crippen molar-refractivity contribution >= 4 is 45.8 Å². The standard InChI is InChI=1S/C28H35N9O5/c1-14-8-21(33-24-23(14)34-22(13-41-4)37(24)28(25(29)38)11-15(28)2)32-20-10-18-19(12-30-20)35(3)27(40)36(18)17-7-6-16(9-17)31-26(39)42-5/h8,10,12,15-17H,6-7,9,11,13H2,1-5H3,(H2,29,38)(H,31,39)(H,30,32,33)/t15-,16+,17+,28-/m0/s1/i3D3,4D3,16D. The zero-order chi connectivity index (χ0) is 35.8. The molecule has 2 fully saturated rings. The molecule has 14 nitrogen and oxygen atoms in total. The van der Waals surface area contributed by atoms with Crippen LogP contribution in [0.25, 0.3) is 22.2 Å². The van der Waals surface area contributed by atoms with Crippen LogP contribution in [0.15, 0.2) is 23.1 Å². The van der Waals surface area contributed by atoms with Gasteiger partial charge in [0.05, 0.1) is 29.8 Å². The van der Waals surface area contributed by atoms with Crippen molar-refractivity contribution in [3.05, 3.63) is 40.2 Å². The molecule has 0 aromatic carbocycles. The SMILES string of the molecule is [2H]C([2H])([2H])OCc1nc2c(C)cc(Nc3cc4c(cn3)n(C([2H])([2H])[2H])c(=O)n4[C@@H]3CC[C@@]([2H])(NC(=O)OC)C3)nc2n1[C@@]1(C(N)=O)C[C@@H]1C. The van der Waals surface area contributed by atoms with Gasteiger partial charge in [-0.15, -0.1) is 0 Å². The summed E-state index contributed by atoms with van der Waals surface area (Å²) in [4.78, 5) is 52.0. The number of fused-ring (bicyclic) bond motifs is 2. The number of rotatable bonds is 8. The number of hydrogen-bond acceptors (Lipinski definition) is 9. The summed E-state index contributed by atoms with van der Waals surface area (Å²) in [6, 6.07) is 1.10. The average molecular weight is 585 g/mol. The molecule has 14 heteroatoms. The molecule has 0 radical (unpaired) electrons. The molecular weight excluding hydrogens is 542 g/mol. The lowest BCUT2D eigenvalue weighted by molar-refractivity contribution is -0.122. The Morgan fingerprint density at radius 1 is 1.26 bits per heavy atom. The maximum atomic E-state index is 13.6. The fourth-order valence-electron chi connectivity index (χ4n) is 6.09. The van der Waals surface area contributed by atoms with Gasteiger partial charge >= 0.3 is 11.8 Å². The van der Waals surface area contributed by atoms with Gasteiger partial charge in [0, 0.05) is 36.3 Å². The number of anilines is 2. The van der Waals surface area contributed by atoms with Gasteiger partial charge in [0.25, 0.3) is 0 Å². The summed E-state index contributed by atoms with van der Waals surface area (Å²) < 4.78 is 68.5. The zero-order valence-electron chi connectivity index (χ0n) is 30.2. The number of ether oxygens (including phenoxy) is 2. The van der Waals surface area contributed by atoms with Crippen LogP contribution in [0.2, 0.25) is 0 Å². The van der Waals surface area contributed by atoms with Gasteiger partial charge in [0.15, 0.2) is 5.65 Å². The van der Waals surface area contributed by atoms with Gasteiger partial charge in [0.2, 0.25) is 5.91 Å². The molecule has 4 atom stereocenters. The first-order valence-corrected chi connectivity index (χ1v) is 13.4. The number of hydrogen-bond donors (Lipinski definition) is 3. The predicted octanol–water partition coefficient (Wildman–Crippen LogP) is 2.35. The second kappa shape index (κ2) is 10.1. The highest BCUT2D eigenvalue weighted by molar-refractivity contribution is 5.90. The van der Waals surface area contributed by atoms with Crippen LogP contribution in [-0.4, -0.2) is 60.8 Å². The van der Waals surface area contributed by atoms with E-state index in [1.54, 1.807) is 17.6 Å². The summed E-state index contributed by atoms with van der Waals surface area (Å²) in [5, 5.41) is 5.58. The highest BCUT2D eigenvalue weighted by atomic mass is 16.5. The molecule has 0 spiro atoms. The number of alkyl carbamates (subject to hydrolysis) is 1. The molecule has 6 rings (SSSR count). The van der Waals surface area contributed by atoms with Gasteiger partial charge < -0.3 is 25.8 Å². The number of nitrogens with one attached hydrogen (secondary N) is 2. The summed E-state index contributed by atoms with van der Waals surface area (Å²) in [5.41, 5.74) is 5.42. The lowest BCUT2D eigenvalue weighted by Gasteiger charge is -2.19. The fraction of sp³-hybridized carbons (Fsp3) is 0.500. The first-order chi connectivity index (χ1) is 22.8. The molecular formula is C28H35N9O5. The summed E-state index contributed by atoms with van der Waals surface area (Å²) in [5.74, 6) is -0.190.